The summed E-state index contributed by atoms with van der Waals surface area (Å²) in [6.45, 7) is 0. The van der Waals surface area contributed by atoms with Crippen LogP contribution in [0.2, 0.25) is 5.02 Å². The molecule has 1 heterocycles. The summed E-state index contributed by atoms with van der Waals surface area (Å²) in [6.07, 6.45) is 0.0441. The SMILES string of the molecule is O=S(=O)(NC1CCC(c2cc(F)ccc2F)(S(=O)(=O)c2ccc(Cl)cc2)CC1)c1cc(Br)cs1. The number of nitrogens with one attached hydrogen (secondary N) is 1. The number of halogens is 4. The zero-order chi connectivity index (χ0) is 24.7. The zero-order valence-corrected chi connectivity index (χ0v) is 22.3. The lowest BCUT2D eigenvalue weighted by Gasteiger charge is -2.40. The molecule has 1 aromatic heterocycles. The largest absolute Gasteiger partial charge is 0.250 e. The van der Waals surface area contributed by atoms with Crippen LogP contribution in [0.4, 0.5) is 8.78 Å². The van der Waals surface area contributed by atoms with Crippen molar-refractivity contribution in [3.63, 3.8) is 0 Å². The van der Waals surface area contributed by atoms with E-state index >= 15 is 0 Å². The van der Waals surface area contributed by atoms with E-state index in [0.29, 0.717) is 9.50 Å². The highest BCUT2D eigenvalue weighted by Crippen LogP contribution is 2.48. The van der Waals surface area contributed by atoms with E-state index in [4.69, 9.17) is 11.6 Å². The zero-order valence-electron chi connectivity index (χ0n) is 17.5. The minimum atomic E-state index is -4.20. The molecule has 0 saturated heterocycles. The molecule has 12 heteroatoms. The van der Waals surface area contributed by atoms with E-state index in [1.54, 1.807) is 5.38 Å². The molecule has 3 aromatic rings. The molecule has 182 valence electrons. The quantitative estimate of drug-likeness (QED) is 0.370. The molecule has 5 nitrogen and oxygen atoms in total. The first-order chi connectivity index (χ1) is 15.9. The van der Waals surface area contributed by atoms with Crippen molar-refractivity contribution in [1.82, 2.24) is 4.72 Å². The van der Waals surface area contributed by atoms with Crippen molar-refractivity contribution in [2.45, 2.75) is 45.6 Å². The molecule has 1 fully saturated rings. The van der Waals surface area contributed by atoms with Crippen LogP contribution in [0.15, 0.2) is 67.5 Å². The fraction of sp³-hybridized carbons (Fsp3) is 0.273. The molecule has 1 N–H and O–H groups in total. The van der Waals surface area contributed by atoms with Gasteiger partial charge in [0.05, 0.1) is 4.90 Å². The maximum absolute atomic E-state index is 14.9. The third-order valence-corrected chi connectivity index (χ3v) is 12.5. The average Bonchev–Trinajstić information content (AvgIpc) is 3.23. The number of hydrogen-bond donors (Lipinski definition) is 1. The van der Waals surface area contributed by atoms with Crippen LogP contribution in [-0.2, 0) is 24.6 Å². The van der Waals surface area contributed by atoms with Gasteiger partial charge in [0, 0.05) is 26.5 Å². The van der Waals surface area contributed by atoms with Crippen LogP contribution < -0.4 is 4.72 Å². The molecular weight excluding hydrogens is 592 g/mol. The van der Waals surface area contributed by atoms with Crippen LogP contribution in [-0.4, -0.2) is 22.9 Å². The predicted molar refractivity (Wildman–Crippen MR) is 131 cm³/mol. The minimum absolute atomic E-state index is 0.0666. The lowest BCUT2D eigenvalue weighted by atomic mass is 9.80. The third kappa shape index (κ3) is 4.83. The molecular formula is C22H19BrClF2NO4S3. The van der Waals surface area contributed by atoms with Gasteiger partial charge in [-0.1, -0.05) is 11.6 Å². The van der Waals surface area contributed by atoms with Crippen LogP contribution in [0.5, 0.6) is 0 Å². The maximum Gasteiger partial charge on any atom is 0.250 e. The van der Waals surface area contributed by atoms with Gasteiger partial charge in [0.1, 0.15) is 20.6 Å². The Hall–Kier alpha value is -1.37. The topological polar surface area (TPSA) is 80.3 Å². The van der Waals surface area contributed by atoms with Crippen molar-refractivity contribution in [2.24, 2.45) is 0 Å². The van der Waals surface area contributed by atoms with E-state index in [2.05, 4.69) is 20.7 Å². The summed E-state index contributed by atoms with van der Waals surface area (Å²) in [5.41, 5.74) is -0.258. The molecule has 1 saturated carbocycles. The van der Waals surface area contributed by atoms with Gasteiger partial charge in [-0.25, -0.2) is 30.3 Å². The van der Waals surface area contributed by atoms with E-state index in [0.717, 1.165) is 29.5 Å². The van der Waals surface area contributed by atoms with Crippen LogP contribution in [0, 0.1) is 11.6 Å². The van der Waals surface area contributed by atoms with Crippen LogP contribution >= 0.6 is 38.9 Å². The minimum Gasteiger partial charge on any atom is -0.223 e. The molecule has 0 aliphatic heterocycles. The Morgan fingerprint density at radius 3 is 2.24 bits per heavy atom. The monoisotopic (exact) mass is 609 g/mol. The van der Waals surface area contributed by atoms with E-state index < -0.39 is 42.3 Å². The van der Waals surface area contributed by atoms with E-state index in [9.17, 15) is 25.6 Å². The summed E-state index contributed by atoms with van der Waals surface area (Å²) in [4.78, 5) is -0.0666. The molecule has 0 amide bonds. The Bertz CT molecular complexity index is 1420. The first-order valence-corrected chi connectivity index (χ1v) is 15.2. The van der Waals surface area contributed by atoms with Crippen molar-refractivity contribution in [3.8, 4) is 0 Å². The number of sulfone groups is 1. The van der Waals surface area contributed by atoms with Crippen LogP contribution in [0.1, 0.15) is 31.2 Å². The second kappa shape index (κ2) is 9.59. The highest BCUT2D eigenvalue weighted by Gasteiger charge is 2.50. The van der Waals surface area contributed by atoms with E-state index in [-0.39, 0.29) is 40.4 Å². The molecule has 4 rings (SSSR count). The van der Waals surface area contributed by atoms with Crippen LogP contribution in [0.25, 0.3) is 0 Å². The number of thiophene rings is 1. The molecule has 1 aliphatic rings. The molecule has 0 unspecified atom stereocenters. The van der Waals surface area contributed by atoms with Gasteiger partial charge in [0.25, 0.3) is 0 Å². The Balaban J connectivity index is 1.70. The Morgan fingerprint density at radius 1 is 1.00 bits per heavy atom. The van der Waals surface area contributed by atoms with Gasteiger partial charge >= 0.3 is 0 Å². The fourth-order valence-electron chi connectivity index (χ4n) is 4.28. The Morgan fingerprint density at radius 2 is 1.65 bits per heavy atom. The second-order valence-corrected chi connectivity index (χ2v) is 14.5. The highest BCUT2D eigenvalue weighted by molar-refractivity contribution is 9.10. The lowest BCUT2D eigenvalue weighted by molar-refractivity contribution is 0.324. The summed E-state index contributed by atoms with van der Waals surface area (Å²) in [5.74, 6) is -1.59. The molecule has 0 bridgehead atoms. The first-order valence-electron chi connectivity index (χ1n) is 10.2. The molecule has 0 atom stereocenters. The van der Waals surface area contributed by atoms with Gasteiger partial charge in [-0.05, 0) is 90.1 Å². The van der Waals surface area contributed by atoms with Crippen molar-refractivity contribution in [2.75, 3.05) is 0 Å². The van der Waals surface area contributed by atoms with Crippen molar-refractivity contribution in [1.29, 1.82) is 0 Å². The summed E-state index contributed by atoms with van der Waals surface area (Å²) in [6, 6.07) is 9.18. The van der Waals surface area contributed by atoms with E-state index in [1.165, 1.54) is 30.3 Å². The van der Waals surface area contributed by atoms with Gasteiger partial charge in [-0.15, -0.1) is 11.3 Å². The van der Waals surface area contributed by atoms with Crippen molar-refractivity contribution >= 4 is 58.7 Å². The Kier molecular flexibility index (Phi) is 7.25. The predicted octanol–water partition coefficient (Wildman–Crippen LogP) is 6.03. The average molecular weight is 611 g/mol. The van der Waals surface area contributed by atoms with Gasteiger partial charge in [0.15, 0.2) is 9.84 Å². The number of sulfonamides is 1. The number of rotatable bonds is 6. The maximum atomic E-state index is 14.9. The van der Waals surface area contributed by atoms with Gasteiger partial charge in [-0.2, -0.15) is 0 Å². The molecule has 0 radical (unpaired) electrons. The lowest BCUT2D eigenvalue weighted by Crippen LogP contribution is -2.46. The second-order valence-electron chi connectivity index (χ2n) is 8.06. The fourth-order valence-corrected chi connectivity index (χ4v) is 9.75. The number of benzene rings is 2. The summed E-state index contributed by atoms with van der Waals surface area (Å²) in [5, 5.41) is 1.98. The summed E-state index contributed by atoms with van der Waals surface area (Å²) in [7, 11) is -8.00. The van der Waals surface area contributed by atoms with Crippen LogP contribution in [0.3, 0.4) is 0 Å². The highest BCUT2D eigenvalue weighted by atomic mass is 79.9. The smallest absolute Gasteiger partial charge is 0.223 e. The summed E-state index contributed by atoms with van der Waals surface area (Å²) < 4.78 is 83.8. The van der Waals surface area contributed by atoms with Gasteiger partial charge in [0.2, 0.25) is 10.0 Å². The third-order valence-electron chi connectivity index (χ3n) is 5.98. The van der Waals surface area contributed by atoms with Gasteiger partial charge < -0.3 is 0 Å². The van der Waals surface area contributed by atoms with E-state index in [1.807, 2.05) is 0 Å². The standard InChI is InChI=1S/C22H19BrClF2NO4S3/c23-14-11-21(32-13-14)34(30,31)27-17-7-9-22(10-8-17,19-12-16(25)3-6-20(19)26)33(28,29)18-4-1-15(24)2-5-18/h1-6,11-13,17,27H,7-10H2. The molecule has 0 spiro atoms. The van der Waals surface area contributed by atoms with Crippen molar-refractivity contribution < 1.29 is 25.6 Å². The van der Waals surface area contributed by atoms with Gasteiger partial charge in [-0.3, -0.25) is 0 Å². The molecule has 34 heavy (non-hydrogen) atoms. The summed E-state index contributed by atoms with van der Waals surface area (Å²) >= 11 is 10.2. The molecule has 2 aromatic carbocycles. The normalized spacial score (nSPS) is 21.5. The Labute approximate surface area is 214 Å². The van der Waals surface area contributed by atoms with Crippen molar-refractivity contribution in [3.05, 3.63) is 80.6 Å². The molecule has 1 aliphatic carbocycles. The number of hydrogen-bond acceptors (Lipinski definition) is 5. The first kappa shape index (κ1) is 25.7.